The zero-order valence-electron chi connectivity index (χ0n) is 50.5. The topological polar surface area (TPSA) is 173 Å². The Labute approximate surface area is 475 Å². The second-order valence-corrected chi connectivity index (χ2v) is 22.1. The first-order valence-corrected chi connectivity index (χ1v) is 32.4. The molecule has 2 amide bonds. The molecule has 0 aromatic heterocycles. The highest BCUT2D eigenvalue weighted by Gasteiger charge is 2.33. The van der Waals surface area contributed by atoms with E-state index in [0.717, 1.165) is 116 Å². The number of ether oxygens (including phenoxy) is 8. The van der Waals surface area contributed by atoms with Crippen LogP contribution in [0.25, 0.3) is 0 Å². The van der Waals surface area contributed by atoms with Crippen LogP contribution in [0.5, 0.6) is 0 Å². The van der Waals surface area contributed by atoms with Gasteiger partial charge in [0.1, 0.15) is 13.2 Å². The maximum atomic E-state index is 13.6. The molecule has 2 atom stereocenters. The molecule has 0 saturated carbocycles. The monoisotopic (exact) mass is 1110 g/mol. The number of hydrogen-bond acceptors (Lipinski definition) is 14. The third-order valence-corrected chi connectivity index (χ3v) is 14.9. The van der Waals surface area contributed by atoms with E-state index in [1.54, 1.807) is 0 Å². The summed E-state index contributed by atoms with van der Waals surface area (Å²) in [7, 11) is 0. The van der Waals surface area contributed by atoms with E-state index in [1.807, 2.05) is 0 Å². The van der Waals surface area contributed by atoms with Crippen molar-refractivity contribution in [1.82, 2.24) is 20.4 Å². The van der Waals surface area contributed by atoms with E-state index in [4.69, 9.17) is 37.9 Å². The van der Waals surface area contributed by atoms with Crippen molar-refractivity contribution in [3.63, 3.8) is 0 Å². The lowest BCUT2D eigenvalue weighted by Gasteiger charge is -2.27. The fraction of sp³-hybridized carbons (Fsp3) is 0.935. The van der Waals surface area contributed by atoms with Crippen LogP contribution in [0.2, 0.25) is 0 Å². The molecule has 2 aliphatic heterocycles. The van der Waals surface area contributed by atoms with Gasteiger partial charge in [-0.05, 0) is 116 Å². The minimum absolute atomic E-state index is 0.00491. The van der Waals surface area contributed by atoms with Crippen LogP contribution in [-0.2, 0) is 47.5 Å². The first-order valence-electron chi connectivity index (χ1n) is 32.4. The zero-order valence-corrected chi connectivity index (χ0v) is 50.5. The van der Waals surface area contributed by atoms with Gasteiger partial charge in [-0.25, -0.2) is 9.59 Å². The molecular weight excluding hydrogens is 993 g/mol. The van der Waals surface area contributed by atoms with Gasteiger partial charge in [0.05, 0.1) is 12.8 Å². The van der Waals surface area contributed by atoms with Gasteiger partial charge >= 0.3 is 24.1 Å². The first kappa shape index (κ1) is 71.3. The number of nitrogens with zero attached hydrogens (tertiary/aromatic N) is 2. The molecule has 2 fully saturated rings. The van der Waals surface area contributed by atoms with Crippen molar-refractivity contribution in [2.24, 2.45) is 0 Å². The quantitative estimate of drug-likeness (QED) is 0.0255. The van der Waals surface area contributed by atoms with Crippen LogP contribution in [0.15, 0.2) is 0 Å². The van der Waals surface area contributed by atoms with E-state index in [1.165, 1.54) is 128 Å². The van der Waals surface area contributed by atoms with E-state index in [0.29, 0.717) is 39.5 Å². The van der Waals surface area contributed by atoms with E-state index in [2.05, 4.69) is 48.1 Å². The Hall–Kier alpha value is -2.76. The summed E-state index contributed by atoms with van der Waals surface area (Å²) in [6.45, 7) is 17.3. The average Bonchev–Trinajstić information content (AvgIpc) is 4.18. The Kier molecular flexibility index (Phi) is 47.9. The number of nitrogens with one attached hydrogen (secondary N) is 2. The van der Waals surface area contributed by atoms with Gasteiger partial charge in [-0.2, -0.15) is 0 Å². The molecule has 78 heavy (non-hydrogen) atoms. The van der Waals surface area contributed by atoms with Crippen LogP contribution in [0.1, 0.15) is 259 Å². The number of amides is 2. The molecule has 2 aliphatic rings. The molecule has 0 spiro atoms. The maximum absolute atomic E-state index is 13.6. The number of hydrogen-bond donors (Lipinski definition) is 2. The highest BCUT2D eigenvalue weighted by atomic mass is 16.7. The molecule has 0 aromatic carbocycles. The molecule has 0 bridgehead atoms. The Bertz CT molecular complexity index is 1270. The summed E-state index contributed by atoms with van der Waals surface area (Å²) >= 11 is 0. The molecule has 16 heteroatoms. The number of esters is 2. The van der Waals surface area contributed by atoms with Crippen molar-refractivity contribution >= 4 is 24.1 Å². The van der Waals surface area contributed by atoms with Crippen LogP contribution in [0.3, 0.4) is 0 Å². The van der Waals surface area contributed by atoms with Gasteiger partial charge in [0.25, 0.3) is 0 Å². The van der Waals surface area contributed by atoms with Gasteiger partial charge < -0.3 is 58.3 Å². The smallest absolute Gasteiger partial charge is 0.407 e. The standard InChI is InChI=1S/C62H118N4O12/c1-5-9-13-17-21-33-49-71-59(72-50-34-22-18-14-10-6-2)39-37-57(67)75-53-55(77-61(69)63-41-25-27-43-65-45-29-30-46-65)56(78-62(70)64-42-26-28-44-66-47-31-32-48-66)54-76-58(68)38-40-60(73-51-35-23-19-15-11-7-3)74-52-36-24-20-16-12-8-4/h55-56,59-60H,5-54H2,1-4H3,(H,63,69)(H,64,70). The summed E-state index contributed by atoms with van der Waals surface area (Å²) in [4.78, 5) is 59.1. The van der Waals surface area contributed by atoms with Gasteiger partial charge in [-0.15, -0.1) is 0 Å². The van der Waals surface area contributed by atoms with Gasteiger partial charge in [-0.3, -0.25) is 9.59 Å². The highest BCUT2D eigenvalue weighted by Crippen LogP contribution is 2.17. The zero-order chi connectivity index (χ0) is 56.2. The van der Waals surface area contributed by atoms with E-state index < -0.39 is 62.1 Å². The van der Waals surface area contributed by atoms with Gasteiger partial charge in [0.2, 0.25) is 0 Å². The molecule has 2 saturated heterocycles. The first-order chi connectivity index (χ1) is 38.3. The second kappa shape index (κ2) is 52.3. The lowest BCUT2D eigenvalue weighted by Crippen LogP contribution is -2.46. The molecule has 0 aromatic rings. The van der Waals surface area contributed by atoms with Crippen molar-refractivity contribution in [1.29, 1.82) is 0 Å². The fourth-order valence-corrected chi connectivity index (χ4v) is 9.89. The van der Waals surface area contributed by atoms with Crippen molar-refractivity contribution in [3.05, 3.63) is 0 Å². The molecule has 2 rings (SSSR count). The number of rotatable bonds is 55. The third-order valence-electron chi connectivity index (χ3n) is 14.9. The van der Waals surface area contributed by atoms with E-state index in [-0.39, 0.29) is 25.7 Å². The third kappa shape index (κ3) is 42.1. The van der Waals surface area contributed by atoms with Crippen LogP contribution in [0, 0.1) is 0 Å². The van der Waals surface area contributed by atoms with Gasteiger partial charge in [-0.1, -0.05) is 156 Å². The predicted molar refractivity (Wildman–Crippen MR) is 312 cm³/mol. The summed E-state index contributed by atoms with van der Waals surface area (Å²) in [6.07, 6.45) is 30.8. The molecule has 0 aliphatic carbocycles. The Balaban J connectivity index is 2.19. The number of likely N-dealkylation sites (tertiary alicyclic amines) is 2. The van der Waals surface area contributed by atoms with Crippen LogP contribution in [0.4, 0.5) is 9.59 Å². The van der Waals surface area contributed by atoms with Crippen LogP contribution in [-0.4, -0.2) is 151 Å². The predicted octanol–water partition coefficient (Wildman–Crippen LogP) is 13.7. The van der Waals surface area contributed by atoms with Crippen LogP contribution >= 0.6 is 0 Å². The Morgan fingerprint density at radius 2 is 0.679 bits per heavy atom. The minimum atomic E-state index is -1.30. The fourth-order valence-electron chi connectivity index (χ4n) is 9.89. The van der Waals surface area contributed by atoms with E-state index in [9.17, 15) is 19.2 Å². The number of alkyl carbamates (subject to hydrolysis) is 2. The average molecular weight is 1110 g/mol. The minimum Gasteiger partial charge on any atom is -0.462 e. The number of carbonyl (C=O) groups is 4. The van der Waals surface area contributed by atoms with Crippen molar-refractivity contribution in [2.75, 3.05) is 92.0 Å². The molecular formula is C62H118N4O12. The highest BCUT2D eigenvalue weighted by molar-refractivity contribution is 5.71. The largest absolute Gasteiger partial charge is 0.462 e. The summed E-state index contributed by atoms with van der Waals surface area (Å²) < 4.78 is 48.3. The van der Waals surface area contributed by atoms with Gasteiger partial charge in [0, 0.05) is 52.4 Å². The van der Waals surface area contributed by atoms with Crippen molar-refractivity contribution < 1.29 is 57.1 Å². The van der Waals surface area contributed by atoms with Crippen LogP contribution < -0.4 is 10.6 Å². The molecule has 16 nitrogen and oxygen atoms in total. The molecule has 458 valence electrons. The summed E-state index contributed by atoms with van der Waals surface area (Å²) in [5, 5.41) is 5.68. The number of carbonyl (C=O) groups excluding carboxylic acids is 4. The normalized spacial score (nSPS) is 14.8. The molecule has 2 unspecified atom stereocenters. The van der Waals surface area contributed by atoms with Crippen molar-refractivity contribution in [2.45, 2.75) is 284 Å². The molecule has 0 radical (unpaired) electrons. The lowest BCUT2D eigenvalue weighted by atomic mass is 10.1. The molecule has 2 N–H and O–H groups in total. The second-order valence-electron chi connectivity index (χ2n) is 22.1. The maximum Gasteiger partial charge on any atom is 0.407 e. The lowest BCUT2D eigenvalue weighted by molar-refractivity contribution is -0.166. The summed E-state index contributed by atoms with van der Waals surface area (Å²) in [6, 6.07) is 0. The molecule has 2 heterocycles. The Morgan fingerprint density at radius 1 is 0.385 bits per heavy atom. The van der Waals surface area contributed by atoms with Gasteiger partial charge in [0.15, 0.2) is 24.8 Å². The van der Waals surface area contributed by atoms with E-state index >= 15 is 0 Å². The Morgan fingerprint density at radius 3 is 0.987 bits per heavy atom. The summed E-state index contributed by atoms with van der Waals surface area (Å²) in [5.74, 6) is -1.10. The summed E-state index contributed by atoms with van der Waals surface area (Å²) in [5.41, 5.74) is 0. The number of unbranched alkanes of at least 4 members (excludes halogenated alkanes) is 22. The SMILES string of the molecule is CCCCCCCCOC(CCC(=O)OCC(OC(=O)NCCCCN1CCCC1)C(COC(=O)CCC(OCCCCCCCC)OCCCCCCCC)OC(=O)NCCCCN1CCCC1)OCCCCCCCC. The van der Waals surface area contributed by atoms with Crippen molar-refractivity contribution in [3.8, 4) is 0 Å².